The molecule has 1 aromatic heterocycles. The third kappa shape index (κ3) is 4.60. The lowest BCUT2D eigenvalue weighted by Crippen LogP contribution is -2.21. The fraction of sp³-hybridized carbons (Fsp3) is 0.250. The van der Waals surface area contributed by atoms with Gasteiger partial charge in [0.1, 0.15) is 11.4 Å². The second kappa shape index (κ2) is 8.34. The maximum Gasteiger partial charge on any atom is 0.264 e. The zero-order chi connectivity index (χ0) is 18.4. The van der Waals surface area contributed by atoms with Gasteiger partial charge in [-0.25, -0.2) is 9.82 Å². The largest absolute Gasteiger partial charge is 0.494 e. The van der Waals surface area contributed by atoms with E-state index in [-0.39, 0.29) is 16.2 Å². The highest BCUT2D eigenvalue weighted by Gasteiger charge is 2.12. The molecular formula is C16H17FN4O3S. The Morgan fingerprint density at radius 3 is 2.76 bits per heavy atom. The summed E-state index contributed by atoms with van der Waals surface area (Å²) in [5.41, 5.74) is 1.80. The van der Waals surface area contributed by atoms with E-state index < -0.39 is 17.3 Å². The fourth-order valence-electron chi connectivity index (χ4n) is 2.05. The Balaban J connectivity index is 2.35. The van der Waals surface area contributed by atoms with E-state index in [2.05, 4.69) is 15.5 Å². The first-order valence-electron chi connectivity index (χ1n) is 7.60. The summed E-state index contributed by atoms with van der Waals surface area (Å²) in [6, 6.07) is 5.19. The molecule has 0 saturated carbocycles. The van der Waals surface area contributed by atoms with Gasteiger partial charge in [-0.05, 0) is 42.9 Å². The topological polar surface area (TPSA) is 99.5 Å². The summed E-state index contributed by atoms with van der Waals surface area (Å²) in [5.74, 6) is -1.21. The van der Waals surface area contributed by atoms with Gasteiger partial charge in [0, 0.05) is 6.42 Å². The predicted molar refractivity (Wildman–Crippen MR) is 94.1 cm³/mol. The van der Waals surface area contributed by atoms with Gasteiger partial charge in [-0.15, -0.1) is 0 Å². The molecule has 132 valence electrons. The first-order chi connectivity index (χ1) is 11.9. The number of unbranched alkanes of at least 4 members (excludes halogenated alkanes) is 1. The van der Waals surface area contributed by atoms with Crippen molar-refractivity contribution in [3.8, 4) is 11.6 Å². The summed E-state index contributed by atoms with van der Waals surface area (Å²) in [6.45, 7) is 1.96. The molecule has 0 radical (unpaired) electrons. The molecule has 0 spiro atoms. The summed E-state index contributed by atoms with van der Waals surface area (Å²) in [7, 11) is 0. The highest BCUT2D eigenvalue weighted by Crippen LogP contribution is 2.18. The monoisotopic (exact) mass is 364 g/mol. The Labute approximate surface area is 147 Å². The number of aromatic nitrogens is 2. The van der Waals surface area contributed by atoms with Gasteiger partial charge in [-0.2, -0.15) is 5.10 Å². The number of carbonyl (C=O) groups is 1. The van der Waals surface area contributed by atoms with Crippen LogP contribution in [0.15, 0.2) is 34.2 Å². The number of hydrazone groups is 1. The van der Waals surface area contributed by atoms with Gasteiger partial charge in [-0.1, -0.05) is 13.3 Å². The summed E-state index contributed by atoms with van der Waals surface area (Å²) < 4.78 is 14.2. The van der Waals surface area contributed by atoms with Crippen LogP contribution in [0.25, 0.3) is 5.69 Å². The number of H-pyrrole nitrogens is 1. The third-order valence-corrected chi connectivity index (χ3v) is 3.63. The van der Waals surface area contributed by atoms with Crippen LogP contribution in [-0.2, 0) is 4.79 Å². The maximum atomic E-state index is 13.1. The van der Waals surface area contributed by atoms with Gasteiger partial charge in [0.05, 0.1) is 11.9 Å². The molecule has 0 unspecified atom stereocenters. The van der Waals surface area contributed by atoms with Crippen molar-refractivity contribution in [1.82, 2.24) is 15.0 Å². The molecule has 0 bridgehead atoms. The molecule has 0 aliphatic rings. The van der Waals surface area contributed by atoms with Crippen LogP contribution in [0.2, 0.25) is 0 Å². The normalized spacial score (nSPS) is 11.0. The highest BCUT2D eigenvalue weighted by molar-refractivity contribution is 7.71. The minimum atomic E-state index is -0.660. The van der Waals surface area contributed by atoms with Gasteiger partial charge < -0.3 is 5.11 Å². The molecule has 0 aliphatic heterocycles. The molecule has 1 heterocycles. The quantitative estimate of drug-likeness (QED) is 0.416. The molecular weight excluding hydrogens is 347 g/mol. The predicted octanol–water partition coefficient (Wildman–Crippen LogP) is 2.38. The summed E-state index contributed by atoms with van der Waals surface area (Å²) >= 11 is 5.04. The molecule has 1 amide bonds. The third-order valence-electron chi connectivity index (χ3n) is 3.35. The number of aromatic hydroxyl groups is 1. The Morgan fingerprint density at radius 1 is 1.44 bits per heavy atom. The van der Waals surface area contributed by atoms with Gasteiger partial charge in [0.2, 0.25) is 11.8 Å². The van der Waals surface area contributed by atoms with Crippen molar-refractivity contribution in [2.75, 3.05) is 0 Å². The smallest absolute Gasteiger partial charge is 0.264 e. The number of carbonyl (C=O) groups excluding carboxylic acids is 1. The first kappa shape index (κ1) is 18.5. The summed E-state index contributed by atoms with van der Waals surface area (Å²) in [5, 5.41) is 14.0. The fourth-order valence-corrected chi connectivity index (χ4v) is 2.33. The minimum absolute atomic E-state index is 0.0572. The van der Waals surface area contributed by atoms with Crippen LogP contribution < -0.4 is 11.0 Å². The zero-order valence-corrected chi connectivity index (χ0v) is 14.3. The number of nitrogens with zero attached hydrogens (tertiary/aromatic N) is 2. The minimum Gasteiger partial charge on any atom is -0.494 e. The van der Waals surface area contributed by atoms with E-state index in [1.807, 2.05) is 6.92 Å². The van der Waals surface area contributed by atoms with E-state index in [4.69, 9.17) is 12.2 Å². The van der Waals surface area contributed by atoms with Crippen LogP contribution in [0.5, 0.6) is 5.88 Å². The molecule has 2 rings (SSSR count). The summed E-state index contributed by atoms with van der Waals surface area (Å²) in [4.78, 5) is 25.9. The number of rotatable bonds is 6. The first-order valence-corrected chi connectivity index (χ1v) is 8.01. The molecule has 0 fully saturated rings. The Kier molecular flexibility index (Phi) is 6.18. The molecule has 3 N–H and O–H groups in total. The van der Waals surface area contributed by atoms with Crippen molar-refractivity contribution in [1.29, 1.82) is 0 Å². The molecule has 0 atom stereocenters. The van der Waals surface area contributed by atoms with Gasteiger partial charge in [0.15, 0.2) is 4.77 Å². The molecule has 1 aromatic carbocycles. The van der Waals surface area contributed by atoms with Gasteiger partial charge in [-0.3, -0.25) is 19.1 Å². The van der Waals surface area contributed by atoms with Crippen molar-refractivity contribution >= 4 is 24.3 Å². The van der Waals surface area contributed by atoms with Crippen LogP contribution in [0.1, 0.15) is 31.7 Å². The number of hydrogen-bond donors (Lipinski definition) is 3. The lowest BCUT2D eigenvalue weighted by molar-refractivity contribution is -0.121. The second-order valence-electron chi connectivity index (χ2n) is 5.21. The van der Waals surface area contributed by atoms with Gasteiger partial charge >= 0.3 is 0 Å². The number of benzene rings is 1. The van der Waals surface area contributed by atoms with E-state index >= 15 is 0 Å². The molecule has 2 aromatic rings. The Hall–Kier alpha value is -2.81. The van der Waals surface area contributed by atoms with Crippen LogP contribution >= 0.6 is 12.2 Å². The molecule has 9 heteroatoms. The second-order valence-corrected chi connectivity index (χ2v) is 5.59. The lowest BCUT2D eigenvalue weighted by atomic mass is 10.2. The molecule has 0 saturated heterocycles. The average molecular weight is 364 g/mol. The standard InChI is InChI=1S/C16H17FN4O3S/c1-2-3-4-13(22)20-18-9-12-14(23)19-16(25)21(15(12)24)11-7-5-10(17)6-8-11/h5-9,24H,2-4H2,1H3,(H,20,22)(H,19,23,25). The zero-order valence-electron chi connectivity index (χ0n) is 13.5. The van der Waals surface area contributed by atoms with Crippen molar-refractivity contribution in [2.45, 2.75) is 26.2 Å². The van der Waals surface area contributed by atoms with E-state index in [1.54, 1.807) is 0 Å². The van der Waals surface area contributed by atoms with Crippen molar-refractivity contribution in [3.63, 3.8) is 0 Å². The van der Waals surface area contributed by atoms with E-state index in [0.717, 1.165) is 23.6 Å². The maximum absolute atomic E-state index is 13.1. The number of amides is 1. The van der Waals surface area contributed by atoms with E-state index in [0.29, 0.717) is 12.1 Å². The number of aromatic amines is 1. The molecule has 25 heavy (non-hydrogen) atoms. The van der Waals surface area contributed by atoms with Crippen LogP contribution in [-0.4, -0.2) is 26.8 Å². The SMILES string of the molecule is CCCCC(=O)NN=Cc1c(O)n(-c2ccc(F)cc2)c(=S)[nH]c1=O. The van der Waals surface area contributed by atoms with Crippen molar-refractivity contribution in [3.05, 3.63) is 50.8 Å². The highest BCUT2D eigenvalue weighted by atomic mass is 32.1. The Bertz CT molecular complexity index is 903. The molecule has 7 nitrogen and oxygen atoms in total. The van der Waals surface area contributed by atoms with Crippen molar-refractivity contribution in [2.24, 2.45) is 5.10 Å². The van der Waals surface area contributed by atoms with Crippen molar-refractivity contribution < 1.29 is 14.3 Å². The van der Waals surface area contributed by atoms with E-state index in [9.17, 15) is 19.1 Å². The lowest BCUT2D eigenvalue weighted by Gasteiger charge is -2.11. The van der Waals surface area contributed by atoms with Crippen LogP contribution in [0.3, 0.4) is 0 Å². The van der Waals surface area contributed by atoms with E-state index in [1.165, 1.54) is 24.3 Å². The number of nitrogens with one attached hydrogen (secondary N) is 2. The summed E-state index contributed by atoms with van der Waals surface area (Å²) in [6.07, 6.45) is 2.95. The van der Waals surface area contributed by atoms with Crippen LogP contribution in [0, 0.1) is 10.6 Å². The number of halogens is 1. The van der Waals surface area contributed by atoms with Gasteiger partial charge in [0.25, 0.3) is 5.56 Å². The van der Waals surface area contributed by atoms with Crippen LogP contribution in [0.4, 0.5) is 4.39 Å². The average Bonchev–Trinajstić information content (AvgIpc) is 2.57. The Morgan fingerprint density at radius 2 is 2.12 bits per heavy atom. The molecule has 0 aliphatic carbocycles. The number of hydrogen-bond acceptors (Lipinski definition) is 5.